The molecule has 0 bridgehead atoms. The number of furan rings is 1. The van der Waals surface area contributed by atoms with E-state index >= 15 is 0 Å². The highest BCUT2D eigenvalue weighted by Gasteiger charge is 2.34. The molecule has 7 nitrogen and oxygen atoms in total. The maximum atomic E-state index is 13.0. The maximum Gasteiger partial charge on any atom is 0.253 e. The second kappa shape index (κ2) is 8.52. The minimum absolute atomic E-state index is 0.0979. The predicted octanol–water partition coefficient (Wildman–Crippen LogP) is 3.60. The van der Waals surface area contributed by atoms with Crippen molar-refractivity contribution in [2.45, 2.75) is 30.1 Å². The van der Waals surface area contributed by atoms with Gasteiger partial charge in [0.15, 0.2) is 4.34 Å². The van der Waals surface area contributed by atoms with Crippen LogP contribution in [0.2, 0.25) is 0 Å². The zero-order valence-electron chi connectivity index (χ0n) is 15.5. The molecule has 10 heteroatoms. The molecule has 3 aromatic heterocycles. The number of aryl methyl sites for hydroxylation is 1. The number of thiazole rings is 1. The molecule has 4 heterocycles. The second-order valence-corrected chi connectivity index (χ2v) is 9.70. The molecule has 0 radical (unpaired) electrons. The Labute approximate surface area is 179 Å². The molecule has 2 N–H and O–H groups in total. The first-order chi connectivity index (χ1) is 14.0. The maximum absolute atomic E-state index is 13.0. The Hall–Kier alpha value is -2.43. The largest absolute Gasteiger partial charge is 0.463 e. The van der Waals surface area contributed by atoms with Crippen LogP contribution in [0.5, 0.6) is 0 Å². The van der Waals surface area contributed by atoms with Gasteiger partial charge >= 0.3 is 0 Å². The van der Waals surface area contributed by atoms with Crippen LogP contribution < -0.4 is 5.73 Å². The van der Waals surface area contributed by atoms with Crippen molar-refractivity contribution in [1.29, 1.82) is 0 Å². The van der Waals surface area contributed by atoms with E-state index in [1.54, 1.807) is 22.6 Å². The summed E-state index contributed by atoms with van der Waals surface area (Å²) < 4.78 is 6.22. The lowest BCUT2D eigenvalue weighted by Gasteiger charge is -2.20. The van der Waals surface area contributed by atoms with Crippen LogP contribution in [0.1, 0.15) is 33.7 Å². The van der Waals surface area contributed by atoms with Crippen molar-refractivity contribution in [2.75, 3.05) is 5.75 Å². The molecule has 0 fully saturated rings. The monoisotopic (exact) mass is 446 g/mol. The first-order valence-electron chi connectivity index (χ1n) is 8.85. The van der Waals surface area contributed by atoms with Gasteiger partial charge < -0.3 is 10.2 Å². The Morgan fingerprint density at radius 2 is 2.24 bits per heavy atom. The number of carbonyl (C=O) groups excluding carboxylic acids is 2. The van der Waals surface area contributed by atoms with Crippen LogP contribution in [0.15, 0.2) is 49.8 Å². The molecular weight excluding hydrogens is 428 g/mol. The van der Waals surface area contributed by atoms with E-state index in [0.29, 0.717) is 12.2 Å². The van der Waals surface area contributed by atoms with E-state index in [0.717, 1.165) is 25.5 Å². The molecule has 0 aromatic carbocycles. The van der Waals surface area contributed by atoms with E-state index in [9.17, 15) is 9.59 Å². The Morgan fingerprint density at radius 1 is 1.38 bits per heavy atom. The molecule has 150 valence electrons. The van der Waals surface area contributed by atoms with Gasteiger partial charge in [-0.15, -0.1) is 22.7 Å². The zero-order valence-corrected chi connectivity index (χ0v) is 18.0. The van der Waals surface area contributed by atoms with E-state index in [1.807, 2.05) is 36.6 Å². The molecule has 0 saturated carbocycles. The van der Waals surface area contributed by atoms with Crippen molar-refractivity contribution in [2.24, 2.45) is 10.8 Å². The minimum atomic E-state index is -0.389. The lowest BCUT2D eigenvalue weighted by atomic mass is 10.1. The van der Waals surface area contributed by atoms with E-state index in [4.69, 9.17) is 10.2 Å². The van der Waals surface area contributed by atoms with Gasteiger partial charge in [0.2, 0.25) is 5.91 Å². The fraction of sp³-hybridized carbons (Fsp3) is 0.263. The summed E-state index contributed by atoms with van der Waals surface area (Å²) in [6.45, 7) is 1.84. The van der Waals surface area contributed by atoms with Crippen molar-refractivity contribution in [3.8, 4) is 0 Å². The smallest absolute Gasteiger partial charge is 0.253 e. The molecule has 2 amide bonds. The van der Waals surface area contributed by atoms with Crippen molar-refractivity contribution in [3.63, 3.8) is 0 Å². The van der Waals surface area contributed by atoms with E-state index < -0.39 is 0 Å². The van der Waals surface area contributed by atoms with E-state index in [-0.39, 0.29) is 30.0 Å². The molecule has 0 spiro atoms. The molecule has 0 unspecified atom stereocenters. The molecule has 1 aliphatic heterocycles. The number of nitrogens with two attached hydrogens (primary N) is 1. The zero-order chi connectivity index (χ0) is 20.4. The lowest BCUT2D eigenvalue weighted by molar-refractivity contribution is -0.130. The molecular formula is C19H18N4O3S3. The number of carbonyl (C=O) groups is 2. The molecule has 3 aromatic rings. The number of hydrogen-bond donors (Lipinski definition) is 1. The Morgan fingerprint density at radius 3 is 2.93 bits per heavy atom. The van der Waals surface area contributed by atoms with Crippen LogP contribution in [-0.2, 0) is 16.0 Å². The number of hydrazone groups is 1. The van der Waals surface area contributed by atoms with Gasteiger partial charge in [0.1, 0.15) is 11.5 Å². The number of aromatic nitrogens is 1. The predicted molar refractivity (Wildman–Crippen MR) is 114 cm³/mol. The number of nitrogens with zero attached hydrogens (tertiary/aromatic N) is 3. The number of thioether (sulfide) groups is 1. The third-order valence-corrected chi connectivity index (χ3v) is 7.63. The van der Waals surface area contributed by atoms with Gasteiger partial charge in [-0.1, -0.05) is 17.8 Å². The van der Waals surface area contributed by atoms with Crippen LogP contribution >= 0.6 is 34.4 Å². The van der Waals surface area contributed by atoms with Gasteiger partial charge in [-0.2, -0.15) is 5.10 Å². The van der Waals surface area contributed by atoms with Crippen LogP contribution in [0.4, 0.5) is 0 Å². The van der Waals surface area contributed by atoms with Gasteiger partial charge in [0.25, 0.3) is 5.91 Å². The summed E-state index contributed by atoms with van der Waals surface area (Å²) in [6.07, 6.45) is 2.39. The second-order valence-electron chi connectivity index (χ2n) is 6.42. The fourth-order valence-electron chi connectivity index (χ4n) is 3.01. The Bertz CT molecular complexity index is 1040. The van der Waals surface area contributed by atoms with Gasteiger partial charge in [0, 0.05) is 16.2 Å². The van der Waals surface area contributed by atoms with Crippen molar-refractivity contribution < 1.29 is 14.0 Å². The first kappa shape index (κ1) is 19.9. The summed E-state index contributed by atoms with van der Waals surface area (Å²) >= 11 is 4.36. The lowest BCUT2D eigenvalue weighted by Crippen LogP contribution is -2.28. The highest BCUT2D eigenvalue weighted by Crippen LogP contribution is 2.36. The average Bonchev–Trinajstić information content (AvgIpc) is 3.46. The molecule has 1 aliphatic rings. The standard InChI is InChI=1S/C19H18N4O3S3/c1-11-16(9-17(20)24)29-19(21-11)28-10-18(25)23-13(15-5-3-7-27-15)8-12(22-23)14-4-2-6-26-14/h2-7,13H,8-10H2,1H3,(H2,20,24)/t13-/m0/s1. The summed E-state index contributed by atoms with van der Waals surface area (Å²) in [5.74, 6) is 0.403. The number of primary amides is 1. The van der Waals surface area contributed by atoms with Crippen LogP contribution in [-0.4, -0.2) is 33.3 Å². The summed E-state index contributed by atoms with van der Waals surface area (Å²) in [5, 5.41) is 8.12. The molecule has 0 aliphatic carbocycles. The highest BCUT2D eigenvalue weighted by molar-refractivity contribution is 8.01. The number of hydrogen-bond acceptors (Lipinski definition) is 8. The summed E-state index contributed by atoms with van der Waals surface area (Å²) in [4.78, 5) is 30.5. The van der Waals surface area contributed by atoms with Crippen molar-refractivity contribution >= 4 is 52.0 Å². The summed E-state index contributed by atoms with van der Waals surface area (Å²) in [7, 11) is 0. The normalized spacial score (nSPS) is 16.2. The molecule has 1 atom stereocenters. The van der Waals surface area contributed by atoms with Gasteiger partial charge in [0.05, 0.1) is 30.2 Å². The first-order valence-corrected chi connectivity index (χ1v) is 11.5. The van der Waals surface area contributed by atoms with Crippen molar-refractivity contribution in [1.82, 2.24) is 9.99 Å². The fourth-order valence-corrected chi connectivity index (χ4v) is 5.92. The third-order valence-electron chi connectivity index (χ3n) is 4.37. The number of thiophene rings is 1. The summed E-state index contributed by atoms with van der Waals surface area (Å²) in [6, 6.07) is 7.52. The van der Waals surface area contributed by atoms with Crippen LogP contribution in [0.25, 0.3) is 0 Å². The molecule has 0 saturated heterocycles. The van der Waals surface area contributed by atoms with Crippen molar-refractivity contribution in [3.05, 3.63) is 57.1 Å². The number of rotatable bonds is 7. The van der Waals surface area contributed by atoms with Crippen LogP contribution in [0, 0.1) is 6.92 Å². The third kappa shape index (κ3) is 4.44. The molecule has 29 heavy (non-hydrogen) atoms. The quantitative estimate of drug-likeness (QED) is 0.559. The average molecular weight is 447 g/mol. The van der Waals surface area contributed by atoms with Crippen LogP contribution in [0.3, 0.4) is 0 Å². The molecule has 4 rings (SSSR count). The van der Waals surface area contributed by atoms with E-state index in [1.165, 1.54) is 23.1 Å². The topological polar surface area (TPSA) is 102 Å². The van der Waals surface area contributed by atoms with Gasteiger partial charge in [-0.05, 0) is 30.5 Å². The SMILES string of the molecule is Cc1nc(SCC(=O)N2N=C(c3ccco3)C[C@H]2c2cccs2)sc1CC(N)=O. The Balaban J connectivity index is 1.49. The highest BCUT2D eigenvalue weighted by atomic mass is 32.2. The van der Waals surface area contributed by atoms with Gasteiger partial charge in [-0.25, -0.2) is 9.99 Å². The summed E-state index contributed by atoms with van der Waals surface area (Å²) in [5.41, 5.74) is 6.82. The van der Waals surface area contributed by atoms with E-state index in [2.05, 4.69) is 10.1 Å². The Kier molecular flexibility index (Phi) is 5.84. The minimum Gasteiger partial charge on any atom is -0.463 e. The van der Waals surface area contributed by atoms with Gasteiger partial charge in [-0.3, -0.25) is 9.59 Å². The number of amides is 2.